The second-order valence-electron chi connectivity index (χ2n) is 20.6. The average Bonchev–Trinajstić information content (AvgIpc) is 4.03. The van der Waals surface area contributed by atoms with Gasteiger partial charge in [-0.3, -0.25) is 0 Å². The summed E-state index contributed by atoms with van der Waals surface area (Å²) in [6, 6.07) is 0. The molecule has 7 aliphatic carbocycles. The summed E-state index contributed by atoms with van der Waals surface area (Å²) in [6.07, 6.45) is 28.4. The van der Waals surface area contributed by atoms with E-state index in [4.69, 9.17) is 45.3 Å². The van der Waals surface area contributed by atoms with Crippen LogP contribution in [0.5, 0.6) is 0 Å². The molecule has 322 valence electrons. The number of fused-ring (bicyclic) bond motifs is 4. The smallest absolute Gasteiger partial charge is 0.394 e. The van der Waals surface area contributed by atoms with E-state index in [2.05, 4.69) is 13.1 Å². The lowest BCUT2D eigenvalue weighted by molar-refractivity contribution is -0.0182. The second kappa shape index (κ2) is 15.2. The Morgan fingerprint density at radius 1 is 0.263 bits per heavy atom. The minimum atomic E-state index is -4.18. The van der Waals surface area contributed by atoms with Crippen molar-refractivity contribution in [2.75, 3.05) is 0 Å². The maximum Gasteiger partial charge on any atom is 0.486 e. The molecule has 11 rings (SSSR count). The Hall–Kier alpha value is 1.26. The molecule has 0 aromatic rings. The summed E-state index contributed by atoms with van der Waals surface area (Å²) < 4.78 is 89.6. The molecule has 7 saturated carbocycles. The van der Waals surface area contributed by atoms with Gasteiger partial charge in [-0.1, -0.05) is 89.9 Å². The third-order valence-corrected chi connectivity index (χ3v) is 54.2. The molecule has 57 heavy (non-hydrogen) atoms. The van der Waals surface area contributed by atoms with E-state index in [0.29, 0.717) is 0 Å². The maximum atomic E-state index is 13.9. The molecular weight excluding hydrogens is 861 g/mol. The molecule has 0 aromatic carbocycles. The largest absolute Gasteiger partial charge is 0.486 e. The Balaban J connectivity index is 1.22. The minimum Gasteiger partial charge on any atom is -0.394 e. The van der Waals surface area contributed by atoms with Crippen molar-refractivity contribution in [1.82, 2.24) is 0 Å². The lowest BCUT2D eigenvalue weighted by Gasteiger charge is -2.64. The zero-order valence-electron chi connectivity index (χ0n) is 34.8. The molecule has 12 nitrogen and oxygen atoms in total. The van der Waals surface area contributed by atoms with Gasteiger partial charge in [0.05, 0.1) is 0 Å². The van der Waals surface area contributed by atoms with Crippen molar-refractivity contribution in [3.63, 3.8) is 0 Å². The summed E-state index contributed by atoms with van der Waals surface area (Å²) in [5, 5.41) is 0. The van der Waals surface area contributed by atoms with Crippen molar-refractivity contribution in [3.05, 3.63) is 0 Å². The number of hydrogen-bond donors (Lipinski definition) is 1. The first-order chi connectivity index (χ1) is 27.5. The van der Waals surface area contributed by atoms with E-state index in [1.807, 2.05) is 0 Å². The van der Waals surface area contributed by atoms with Crippen molar-refractivity contribution in [2.24, 2.45) is 0 Å². The summed E-state index contributed by atoms with van der Waals surface area (Å²) in [7, 11) is -30.8. The van der Waals surface area contributed by atoms with Crippen LogP contribution in [-0.2, 0) is 45.3 Å². The minimum absolute atomic E-state index is 0.0193. The molecule has 0 amide bonds. The van der Waals surface area contributed by atoms with E-state index >= 15 is 0 Å². The zero-order chi connectivity index (χ0) is 38.6. The molecule has 4 saturated heterocycles. The van der Waals surface area contributed by atoms with Crippen molar-refractivity contribution in [2.45, 2.75) is 232 Å². The SMILES string of the molecule is C[Si]1(C)O[Si]2(C3CCCC3)O[Si]3(C4CCCC4)O[Si](O)(C4CCCC4)O[Si]4(C5CCCC5)O[Si](C5CCCC5)(O1)O[Si](C1CCCC1)(O2)O[Si](C1CCCC1)(O3)O4. The van der Waals surface area contributed by atoms with E-state index < -0.39 is 70.2 Å². The number of hydrogen-bond acceptors (Lipinski definition) is 12. The van der Waals surface area contributed by atoms with E-state index in [1.165, 1.54) is 0 Å². The topological polar surface area (TPSA) is 122 Å². The lowest BCUT2D eigenvalue weighted by Crippen LogP contribution is -2.87. The highest BCUT2D eigenvalue weighted by atomic mass is 28.6. The fourth-order valence-electron chi connectivity index (χ4n) is 13.5. The van der Waals surface area contributed by atoms with Gasteiger partial charge in [-0.25, -0.2) is 0 Å². The fraction of sp³-hybridized carbons (Fsp3) is 1.00. The molecule has 4 unspecified atom stereocenters. The maximum absolute atomic E-state index is 13.9. The third-order valence-electron chi connectivity index (χ3n) is 16.3. The van der Waals surface area contributed by atoms with E-state index in [1.54, 1.807) is 0 Å². The highest BCUT2D eigenvalue weighted by Crippen LogP contribution is 2.64. The normalized spacial score (nSPS) is 48.5. The molecule has 11 fully saturated rings. The molecule has 0 spiro atoms. The van der Waals surface area contributed by atoms with Crippen LogP contribution in [0.25, 0.3) is 0 Å². The monoisotopic (exact) mass is 930 g/mol. The summed E-state index contributed by atoms with van der Waals surface area (Å²) in [5.74, 6) is 0. The van der Waals surface area contributed by atoms with Crippen LogP contribution in [0.4, 0.5) is 0 Å². The Bertz CT molecular complexity index is 1400. The Morgan fingerprint density at radius 3 is 0.667 bits per heavy atom. The molecular formula is C37H70O12Si8. The molecule has 0 radical (unpaired) electrons. The zero-order valence-corrected chi connectivity index (χ0v) is 42.8. The first kappa shape index (κ1) is 41.0. The molecule has 0 aromatic heterocycles. The average molecular weight is 932 g/mol. The standard InChI is InChI=1S/C37H70O12Si8/c1-50(2)39-52(32-19-5-6-20-32)43-54(34-23-9-10-24-34)41-51(38,31-17-3-4-18-31)42-55(35-25-11-12-26-35)44-53(40-50,33-21-7-8-22-33)46-56(45-52,36-27-13-14-28-36)49-57(47-54,48-55)37-29-15-16-30-37/h31-38H,3-30H2,1-2H3. The molecule has 4 heterocycles. The Kier molecular flexibility index (Phi) is 10.9. The van der Waals surface area contributed by atoms with Crippen LogP contribution in [0, 0.1) is 0 Å². The molecule has 11 aliphatic rings. The molecule has 6 bridgehead atoms. The molecule has 4 aliphatic heterocycles. The highest BCUT2D eigenvalue weighted by Gasteiger charge is 2.85. The van der Waals surface area contributed by atoms with Gasteiger partial charge >= 0.3 is 70.2 Å². The first-order valence-electron chi connectivity index (χ1n) is 24.0. The van der Waals surface area contributed by atoms with E-state index in [-0.39, 0.29) is 38.8 Å². The van der Waals surface area contributed by atoms with Gasteiger partial charge in [-0.2, -0.15) is 0 Å². The van der Waals surface area contributed by atoms with Gasteiger partial charge < -0.3 is 50.1 Å². The van der Waals surface area contributed by atoms with Crippen LogP contribution in [0.1, 0.15) is 180 Å². The predicted molar refractivity (Wildman–Crippen MR) is 227 cm³/mol. The molecule has 4 atom stereocenters. The third kappa shape index (κ3) is 6.98. The summed E-state index contributed by atoms with van der Waals surface area (Å²) in [5.41, 5.74) is 0.0467. The van der Waals surface area contributed by atoms with Gasteiger partial charge in [-0.05, 0) is 103 Å². The van der Waals surface area contributed by atoms with Crippen molar-refractivity contribution >= 4 is 70.2 Å². The second-order valence-corrected chi connectivity index (χ2v) is 46.6. The number of rotatable bonds is 7. The Labute approximate surface area is 350 Å². The van der Waals surface area contributed by atoms with Gasteiger partial charge in [-0.15, -0.1) is 0 Å². The molecule has 1 N–H and O–H groups in total. The Morgan fingerprint density at radius 2 is 0.439 bits per heavy atom. The van der Waals surface area contributed by atoms with Gasteiger partial charge in [0, 0.05) is 38.8 Å². The fourth-order valence-corrected chi connectivity index (χ4v) is 65.4. The summed E-state index contributed by atoms with van der Waals surface area (Å²) >= 11 is 0. The van der Waals surface area contributed by atoms with Crippen molar-refractivity contribution < 1.29 is 50.1 Å². The predicted octanol–water partition coefficient (Wildman–Crippen LogP) is 10.1. The van der Waals surface area contributed by atoms with Crippen molar-refractivity contribution in [1.29, 1.82) is 0 Å². The summed E-state index contributed by atoms with van der Waals surface area (Å²) in [4.78, 5) is 13.9. The van der Waals surface area contributed by atoms with Gasteiger partial charge in [0.1, 0.15) is 0 Å². The first-order valence-corrected chi connectivity index (χ1v) is 39.4. The summed E-state index contributed by atoms with van der Waals surface area (Å²) in [6.45, 7) is 4.38. The quantitative estimate of drug-likeness (QED) is 0.245. The lowest BCUT2D eigenvalue weighted by atomic mass is 10.4. The van der Waals surface area contributed by atoms with Crippen LogP contribution >= 0.6 is 0 Å². The van der Waals surface area contributed by atoms with Gasteiger partial charge in [0.25, 0.3) is 0 Å². The van der Waals surface area contributed by atoms with E-state index in [9.17, 15) is 4.80 Å². The highest BCUT2D eigenvalue weighted by molar-refractivity contribution is 7.02. The van der Waals surface area contributed by atoms with Crippen LogP contribution < -0.4 is 0 Å². The van der Waals surface area contributed by atoms with Crippen LogP contribution in [0.15, 0.2) is 0 Å². The van der Waals surface area contributed by atoms with Gasteiger partial charge in [0.15, 0.2) is 0 Å². The van der Waals surface area contributed by atoms with E-state index in [0.717, 1.165) is 180 Å². The molecule has 20 heteroatoms. The van der Waals surface area contributed by atoms with Crippen molar-refractivity contribution in [3.8, 4) is 0 Å². The van der Waals surface area contributed by atoms with Crippen LogP contribution in [0.2, 0.25) is 51.9 Å². The van der Waals surface area contributed by atoms with Gasteiger partial charge in [0.2, 0.25) is 0 Å². The van der Waals surface area contributed by atoms with Crippen LogP contribution in [0.3, 0.4) is 0 Å². The van der Waals surface area contributed by atoms with Crippen LogP contribution in [-0.4, -0.2) is 75.0 Å².